The number of hydrogen-bond acceptors (Lipinski definition) is 18. The van der Waals surface area contributed by atoms with Gasteiger partial charge in [-0.2, -0.15) is 0 Å². The molecule has 3 aliphatic heterocycles. The number of aldehydes is 1. The van der Waals surface area contributed by atoms with E-state index in [9.17, 15) is 70.6 Å². The molecule has 0 aromatic rings. The molecule has 0 aromatic carbocycles. The van der Waals surface area contributed by atoms with Gasteiger partial charge >= 0.3 is 11.9 Å². The summed E-state index contributed by atoms with van der Waals surface area (Å²) in [6.45, 7) is 13.2. The van der Waals surface area contributed by atoms with E-state index < -0.39 is 150 Å². The summed E-state index contributed by atoms with van der Waals surface area (Å²) < 4.78 is 36.2. The Labute approximate surface area is 395 Å². The van der Waals surface area contributed by atoms with E-state index in [2.05, 4.69) is 40.7 Å². The van der Waals surface area contributed by atoms with Gasteiger partial charge in [-0.3, -0.25) is 4.79 Å². The number of aliphatic carboxylic acids is 2. The molecule has 0 spiro atoms. The van der Waals surface area contributed by atoms with Gasteiger partial charge in [0.1, 0.15) is 72.7 Å². The second kappa shape index (κ2) is 18.0. The van der Waals surface area contributed by atoms with Gasteiger partial charge in [-0.1, -0.05) is 53.2 Å². The molecule has 4 saturated carbocycles. The lowest BCUT2D eigenvalue weighted by Crippen LogP contribution is -2.69. The average Bonchev–Trinajstić information content (AvgIpc) is 3.27. The lowest BCUT2D eigenvalue weighted by Gasteiger charge is -2.71. The van der Waals surface area contributed by atoms with Crippen LogP contribution in [-0.2, 0) is 42.8 Å². The molecule has 0 bridgehead atoms. The zero-order valence-corrected chi connectivity index (χ0v) is 39.9. The lowest BCUT2D eigenvalue weighted by molar-refractivity contribution is -0.394. The fourth-order valence-corrected chi connectivity index (χ4v) is 15.0. The number of carbonyl (C=O) groups is 3. The normalized spacial score (nSPS) is 54.5. The number of carboxylic acid groups (broad SMARTS) is 2. The fraction of sp³-hybridized carbons (Fsp3) is 0.896. The van der Waals surface area contributed by atoms with Crippen molar-refractivity contribution in [3.8, 4) is 0 Å². The second-order valence-electron chi connectivity index (χ2n) is 23.3. The van der Waals surface area contributed by atoms with Crippen molar-refractivity contribution >= 4 is 18.2 Å². The molecule has 11 N–H and O–H groups in total. The Morgan fingerprint density at radius 2 is 1.34 bits per heavy atom. The van der Waals surface area contributed by atoms with Crippen molar-refractivity contribution in [2.24, 2.45) is 50.2 Å². The fourth-order valence-electron chi connectivity index (χ4n) is 15.0. The number of allylic oxidation sites excluding steroid dienone is 2. The molecule has 0 radical (unpaired) electrons. The van der Waals surface area contributed by atoms with Crippen molar-refractivity contribution in [2.75, 3.05) is 6.61 Å². The number of fused-ring (bicyclic) bond motifs is 7. The molecule has 5 aliphatic carbocycles. The molecule has 386 valence electrons. The minimum atomic E-state index is -2.15. The Kier molecular flexibility index (Phi) is 13.8. The Morgan fingerprint density at radius 1 is 0.706 bits per heavy atom. The van der Waals surface area contributed by atoms with Crippen LogP contribution in [-0.4, -0.2) is 185 Å². The molecule has 20 nitrogen and oxygen atoms in total. The largest absolute Gasteiger partial charge is 0.481 e. The summed E-state index contributed by atoms with van der Waals surface area (Å²) in [5, 5.41) is 119. The Morgan fingerprint density at radius 3 is 1.96 bits per heavy atom. The van der Waals surface area contributed by atoms with E-state index in [1.807, 2.05) is 0 Å². The Hall–Kier alpha value is -2.25. The molecule has 3 heterocycles. The molecular formula is C48H74O20. The van der Waals surface area contributed by atoms with Crippen molar-refractivity contribution in [1.82, 2.24) is 0 Å². The molecular weight excluding hydrogens is 897 g/mol. The minimum Gasteiger partial charge on any atom is -0.481 e. The van der Waals surface area contributed by atoms with Gasteiger partial charge in [-0.25, -0.2) is 4.79 Å². The van der Waals surface area contributed by atoms with Gasteiger partial charge in [0.2, 0.25) is 0 Å². The van der Waals surface area contributed by atoms with Crippen LogP contribution in [0, 0.1) is 50.2 Å². The first-order valence-electron chi connectivity index (χ1n) is 24.3. The average molecular weight is 971 g/mol. The van der Waals surface area contributed by atoms with Gasteiger partial charge in [0, 0.05) is 0 Å². The van der Waals surface area contributed by atoms with Crippen LogP contribution in [0.25, 0.3) is 0 Å². The number of carboxylic acids is 2. The lowest BCUT2D eigenvalue weighted by atomic mass is 9.33. The summed E-state index contributed by atoms with van der Waals surface area (Å²) in [5.41, 5.74) is -3.12. The summed E-state index contributed by atoms with van der Waals surface area (Å²) in [6.07, 6.45) is -21.9. The topological polar surface area (TPSA) is 329 Å². The van der Waals surface area contributed by atoms with Gasteiger partial charge in [0.05, 0.1) is 30.3 Å². The number of aliphatic hydroxyl groups excluding tert-OH is 9. The van der Waals surface area contributed by atoms with Gasteiger partial charge in [-0.15, -0.1) is 0 Å². The Bertz CT molecular complexity index is 1950. The summed E-state index contributed by atoms with van der Waals surface area (Å²) in [4.78, 5) is 39.9. The smallest absolute Gasteiger partial charge is 0.335 e. The molecule has 0 amide bonds. The van der Waals surface area contributed by atoms with E-state index in [0.29, 0.717) is 44.9 Å². The SMILES string of the molecule is C[C@H]1O[C@H](O[C@H]2[C@H](O)[C@@H](C(=O)O)O[C@@H](O[C@@H]3CC[C@]4(C)[C@H](CC[C@@]5(C)[C@H]4CC=C4[C@H]6CC(C)(C)CC[C@@]6(C(=O)O)[C@@H](O)C[C@@]45C)[C@@]3(C)C=O)[C@@H]2O[C@H]2O[C@@H](CO)[C@@H](O)[C@@H](O)[C@@H]2O)[C@@H](O)[C@@H](O)[C@@H]1O. The molecule has 0 aromatic heterocycles. The van der Waals surface area contributed by atoms with Crippen LogP contribution >= 0.6 is 0 Å². The number of carbonyl (C=O) groups excluding carboxylic acids is 1. The highest BCUT2D eigenvalue weighted by Crippen LogP contribution is 2.76. The van der Waals surface area contributed by atoms with E-state index in [-0.39, 0.29) is 36.0 Å². The standard InChI is InChI=1S/C48H74O20/c1-20-28(52)30(54)32(56)39(63-20)66-35-34(58)36(38(59)60)67-41(37(35)68-40-33(57)31(55)29(53)23(18-49)64-40)65-27-11-12-44(4)24(45(27,5)19-50)10-13-46(6)25(44)9-8-21-22-16-43(2,3)14-15-48(22,42(61)62)26(51)17-47(21,46)7/h8,19-20,22-37,39-41,49,51-58H,9-18H2,1-7H3,(H,59,60)(H,61,62)/t20-,22-,23+,24+,25+,26+,27-,28-,29-,30+,31-,32+,33+,34+,35+,36+,37-,39-,40-,41-,44-,45-,46+,47+,48+/m1/s1. The van der Waals surface area contributed by atoms with Crippen LogP contribution in [0.1, 0.15) is 106 Å². The summed E-state index contributed by atoms with van der Waals surface area (Å²) >= 11 is 0. The highest BCUT2D eigenvalue weighted by Gasteiger charge is 2.72. The molecule has 3 saturated heterocycles. The highest BCUT2D eigenvalue weighted by molar-refractivity contribution is 5.78. The maximum absolute atomic E-state index is 13.8. The molecule has 0 unspecified atom stereocenters. The van der Waals surface area contributed by atoms with E-state index in [0.717, 1.165) is 11.9 Å². The van der Waals surface area contributed by atoms with E-state index in [1.165, 1.54) is 6.92 Å². The number of rotatable bonds is 10. The second-order valence-corrected chi connectivity index (χ2v) is 23.3. The van der Waals surface area contributed by atoms with Crippen LogP contribution in [0.3, 0.4) is 0 Å². The molecule has 68 heavy (non-hydrogen) atoms. The third-order valence-electron chi connectivity index (χ3n) is 19.3. The Balaban J connectivity index is 1.13. The quantitative estimate of drug-likeness (QED) is 0.0778. The first-order valence-corrected chi connectivity index (χ1v) is 24.3. The van der Waals surface area contributed by atoms with Crippen LogP contribution in [0.15, 0.2) is 11.6 Å². The van der Waals surface area contributed by atoms with Gasteiger partial charge in [0.25, 0.3) is 0 Å². The maximum atomic E-state index is 13.8. The summed E-state index contributed by atoms with van der Waals surface area (Å²) in [5.74, 6) is -3.37. The number of hydrogen-bond donors (Lipinski definition) is 11. The zero-order chi connectivity index (χ0) is 50.0. The summed E-state index contributed by atoms with van der Waals surface area (Å²) in [6, 6.07) is 0. The number of ether oxygens (including phenoxy) is 6. The van der Waals surface area contributed by atoms with Gasteiger partial charge < -0.3 is 89.4 Å². The van der Waals surface area contributed by atoms with Crippen LogP contribution in [0.2, 0.25) is 0 Å². The van der Waals surface area contributed by atoms with Crippen LogP contribution < -0.4 is 0 Å². The van der Waals surface area contributed by atoms with Crippen molar-refractivity contribution < 1.29 is 99.0 Å². The van der Waals surface area contributed by atoms with Crippen molar-refractivity contribution in [3.63, 3.8) is 0 Å². The van der Waals surface area contributed by atoms with Crippen molar-refractivity contribution in [2.45, 2.75) is 211 Å². The van der Waals surface area contributed by atoms with Crippen LogP contribution in [0.5, 0.6) is 0 Å². The van der Waals surface area contributed by atoms with Gasteiger partial charge in [0.15, 0.2) is 25.0 Å². The maximum Gasteiger partial charge on any atom is 0.335 e. The molecule has 25 atom stereocenters. The first kappa shape index (κ1) is 52.1. The van der Waals surface area contributed by atoms with Crippen molar-refractivity contribution in [1.29, 1.82) is 0 Å². The minimum absolute atomic E-state index is 0.0282. The van der Waals surface area contributed by atoms with E-state index in [1.54, 1.807) is 6.92 Å². The molecule has 7 fully saturated rings. The predicted molar refractivity (Wildman–Crippen MR) is 231 cm³/mol. The third kappa shape index (κ3) is 7.77. The van der Waals surface area contributed by atoms with Crippen molar-refractivity contribution in [3.05, 3.63) is 11.6 Å². The summed E-state index contributed by atoms with van der Waals surface area (Å²) in [7, 11) is 0. The highest BCUT2D eigenvalue weighted by atomic mass is 16.8. The molecule has 8 rings (SSSR count). The van der Waals surface area contributed by atoms with E-state index >= 15 is 0 Å². The number of aliphatic hydroxyl groups is 9. The zero-order valence-electron chi connectivity index (χ0n) is 39.9. The van der Waals surface area contributed by atoms with Gasteiger partial charge in [-0.05, 0) is 104 Å². The van der Waals surface area contributed by atoms with Crippen LogP contribution in [0.4, 0.5) is 0 Å². The molecule has 20 heteroatoms. The molecule has 8 aliphatic rings. The van der Waals surface area contributed by atoms with E-state index in [4.69, 9.17) is 28.4 Å². The third-order valence-corrected chi connectivity index (χ3v) is 19.3. The first-order chi connectivity index (χ1) is 31.7. The monoisotopic (exact) mass is 970 g/mol. The predicted octanol–water partition coefficient (Wildman–Crippen LogP) is -0.0241.